The fraction of sp³-hybridized carbons (Fsp3) is 0.321. The third-order valence-electron chi connectivity index (χ3n) is 6.80. The van der Waals surface area contributed by atoms with E-state index in [1.807, 2.05) is 12.1 Å². The summed E-state index contributed by atoms with van der Waals surface area (Å²) in [6.45, 7) is 4.65. The van der Waals surface area contributed by atoms with Gasteiger partial charge in [0.25, 0.3) is 0 Å². The van der Waals surface area contributed by atoms with E-state index in [0.29, 0.717) is 31.1 Å². The average molecular weight is 568 g/mol. The number of carbonyl (C=O) groups excluding carboxylic acids is 2. The molecule has 1 atom stereocenters. The zero-order chi connectivity index (χ0) is 29.0. The molecule has 3 aromatic rings. The van der Waals surface area contributed by atoms with Gasteiger partial charge in [-0.25, -0.2) is 19.8 Å². The van der Waals surface area contributed by atoms with E-state index < -0.39 is 23.7 Å². The number of aromatic nitrogens is 2. The van der Waals surface area contributed by atoms with Crippen molar-refractivity contribution in [3.05, 3.63) is 72.6 Å². The predicted octanol–water partition coefficient (Wildman–Crippen LogP) is 3.97. The number of ether oxygens (including phenoxy) is 1. The van der Waals surface area contributed by atoms with Gasteiger partial charge in [0, 0.05) is 38.1 Å². The normalized spacial score (nSPS) is 17.3. The van der Waals surface area contributed by atoms with Gasteiger partial charge >= 0.3 is 12.1 Å². The van der Waals surface area contributed by atoms with Gasteiger partial charge in [-0.3, -0.25) is 4.79 Å². The maximum atomic E-state index is 13.7. The van der Waals surface area contributed by atoms with Crippen LogP contribution in [0.25, 0.3) is 0 Å². The first kappa shape index (κ1) is 27.9. The third-order valence-corrected chi connectivity index (χ3v) is 6.80. The summed E-state index contributed by atoms with van der Waals surface area (Å²) in [5.41, 5.74) is 0.625. The first-order chi connectivity index (χ1) is 19.7. The monoisotopic (exact) mass is 567 g/mol. The number of hydrazone groups is 1. The molecule has 1 fully saturated rings. The van der Waals surface area contributed by atoms with Crippen LogP contribution in [-0.2, 0) is 9.53 Å². The molecule has 0 bridgehead atoms. The van der Waals surface area contributed by atoms with Crippen LogP contribution in [0.1, 0.15) is 17.3 Å². The maximum absolute atomic E-state index is 13.7. The van der Waals surface area contributed by atoms with Crippen molar-refractivity contribution < 1.29 is 27.5 Å². The fourth-order valence-electron chi connectivity index (χ4n) is 4.71. The Hall–Kier alpha value is -4.68. The van der Waals surface area contributed by atoms with Crippen LogP contribution in [0.15, 0.2) is 72.1 Å². The zero-order valence-corrected chi connectivity index (χ0v) is 22.2. The lowest BCUT2D eigenvalue weighted by Crippen LogP contribution is -2.46. The summed E-state index contributed by atoms with van der Waals surface area (Å²) in [6, 6.07) is 15.4. The van der Waals surface area contributed by atoms with Crippen molar-refractivity contribution in [3.8, 4) is 0 Å². The lowest BCUT2D eigenvalue weighted by atomic mass is 10.0. The predicted molar refractivity (Wildman–Crippen MR) is 148 cm³/mol. The van der Waals surface area contributed by atoms with Crippen LogP contribution in [-0.4, -0.2) is 73.1 Å². The Bertz CT molecular complexity index is 1390. The minimum Gasteiger partial charge on any atom is -0.462 e. The highest BCUT2D eigenvalue weighted by Crippen LogP contribution is 2.31. The molecule has 2 aliphatic heterocycles. The molecule has 2 aromatic heterocycles. The second-order valence-electron chi connectivity index (χ2n) is 9.44. The molecule has 4 heterocycles. The summed E-state index contributed by atoms with van der Waals surface area (Å²) in [5, 5.41) is 7.29. The highest BCUT2D eigenvalue weighted by atomic mass is 19.4. The Morgan fingerprint density at radius 3 is 2.29 bits per heavy atom. The second kappa shape index (κ2) is 11.8. The summed E-state index contributed by atoms with van der Waals surface area (Å²) < 4.78 is 46.0. The molecule has 1 N–H and O–H groups in total. The van der Waals surface area contributed by atoms with E-state index in [2.05, 4.69) is 30.2 Å². The van der Waals surface area contributed by atoms with Crippen molar-refractivity contribution in [1.82, 2.24) is 9.97 Å². The molecule has 10 nitrogen and oxygen atoms in total. The van der Waals surface area contributed by atoms with Gasteiger partial charge in [0.15, 0.2) is 5.71 Å². The van der Waals surface area contributed by atoms with Crippen molar-refractivity contribution in [2.45, 2.75) is 13.1 Å². The van der Waals surface area contributed by atoms with Crippen LogP contribution in [0.2, 0.25) is 0 Å². The molecule has 13 heteroatoms. The van der Waals surface area contributed by atoms with Crippen LogP contribution in [0.3, 0.4) is 0 Å². The van der Waals surface area contributed by atoms with E-state index in [9.17, 15) is 22.8 Å². The van der Waals surface area contributed by atoms with Gasteiger partial charge in [-0.1, -0.05) is 6.07 Å². The number of alkyl halides is 3. The van der Waals surface area contributed by atoms with E-state index in [4.69, 9.17) is 4.74 Å². The van der Waals surface area contributed by atoms with Gasteiger partial charge in [-0.15, -0.1) is 0 Å². The number of nitrogens with zero attached hydrogens (tertiary/aromatic N) is 6. The van der Waals surface area contributed by atoms with E-state index in [0.717, 1.165) is 23.8 Å². The number of nitrogens with one attached hydrogen (secondary N) is 1. The standard InChI is InChI=1S/C28H28F3N7O3/c1-2-41-27(40)19-6-9-21(10-7-19)36-13-15-37(16-14-36)23-11-8-20(17-33-23)34-26(39)22-18-38(24-5-3-4-12-32-24)35-25(22)28(29,30)31/h3-12,17,22H,2,13-16,18H2,1H3,(H,34,39). The first-order valence-electron chi connectivity index (χ1n) is 13.1. The second-order valence-corrected chi connectivity index (χ2v) is 9.44. The van der Waals surface area contributed by atoms with E-state index in [1.165, 1.54) is 18.5 Å². The summed E-state index contributed by atoms with van der Waals surface area (Å²) in [4.78, 5) is 37.5. The van der Waals surface area contributed by atoms with Crippen molar-refractivity contribution in [2.75, 3.05) is 59.5 Å². The van der Waals surface area contributed by atoms with Crippen LogP contribution in [0, 0.1) is 5.92 Å². The maximum Gasteiger partial charge on any atom is 0.432 e. The minimum atomic E-state index is -4.77. The highest BCUT2D eigenvalue weighted by molar-refractivity contribution is 6.13. The molecule has 0 radical (unpaired) electrons. The Kier molecular flexibility index (Phi) is 8.04. The van der Waals surface area contributed by atoms with Crippen molar-refractivity contribution >= 4 is 40.6 Å². The van der Waals surface area contributed by atoms with Gasteiger partial charge < -0.3 is 19.9 Å². The number of amides is 1. The molecule has 0 saturated carbocycles. The van der Waals surface area contributed by atoms with Crippen molar-refractivity contribution in [2.24, 2.45) is 11.0 Å². The van der Waals surface area contributed by atoms with E-state index in [-0.39, 0.29) is 24.0 Å². The number of piperazine rings is 1. The molecule has 41 heavy (non-hydrogen) atoms. The number of carbonyl (C=O) groups is 2. The highest BCUT2D eigenvalue weighted by Gasteiger charge is 2.48. The summed E-state index contributed by atoms with van der Waals surface area (Å²) in [5.74, 6) is -1.77. The Labute approximate surface area is 234 Å². The van der Waals surface area contributed by atoms with Crippen LogP contribution in [0.4, 0.5) is 36.2 Å². The van der Waals surface area contributed by atoms with Crippen LogP contribution < -0.4 is 20.1 Å². The molecule has 0 spiro atoms. The van der Waals surface area contributed by atoms with Crippen LogP contribution in [0.5, 0.6) is 0 Å². The molecule has 1 saturated heterocycles. The lowest BCUT2D eigenvalue weighted by molar-refractivity contribution is -0.119. The quantitative estimate of drug-likeness (QED) is 0.428. The molecular weight excluding hydrogens is 539 g/mol. The van der Waals surface area contributed by atoms with Crippen molar-refractivity contribution in [3.63, 3.8) is 0 Å². The zero-order valence-electron chi connectivity index (χ0n) is 22.2. The van der Waals surface area contributed by atoms with Gasteiger partial charge in [0.05, 0.1) is 30.6 Å². The number of pyridine rings is 2. The first-order valence-corrected chi connectivity index (χ1v) is 13.1. The smallest absolute Gasteiger partial charge is 0.432 e. The molecule has 1 aromatic carbocycles. The van der Waals surface area contributed by atoms with Gasteiger partial charge in [-0.05, 0) is 55.5 Å². The van der Waals surface area contributed by atoms with Gasteiger partial charge in [-0.2, -0.15) is 18.3 Å². The van der Waals surface area contributed by atoms with E-state index >= 15 is 0 Å². The van der Waals surface area contributed by atoms with Crippen LogP contribution >= 0.6 is 0 Å². The third kappa shape index (κ3) is 6.39. The topological polar surface area (TPSA) is 103 Å². The Balaban J connectivity index is 1.17. The summed E-state index contributed by atoms with van der Waals surface area (Å²) in [7, 11) is 0. The van der Waals surface area contributed by atoms with E-state index in [1.54, 1.807) is 43.3 Å². The Morgan fingerprint density at radius 2 is 1.68 bits per heavy atom. The molecule has 1 unspecified atom stereocenters. The number of halogens is 3. The number of rotatable bonds is 7. The minimum absolute atomic E-state index is 0.226. The number of hydrogen-bond donors (Lipinski definition) is 1. The molecule has 5 rings (SSSR count). The largest absolute Gasteiger partial charge is 0.462 e. The molecule has 2 aliphatic rings. The number of hydrogen-bond acceptors (Lipinski definition) is 9. The molecule has 214 valence electrons. The lowest BCUT2D eigenvalue weighted by Gasteiger charge is -2.36. The molecule has 1 amide bonds. The summed E-state index contributed by atoms with van der Waals surface area (Å²) in [6.07, 6.45) is -1.88. The number of anilines is 4. The fourth-order valence-corrected chi connectivity index (χ4v) is 4.71. The van der Waals surface area contributed by atoms with Crippen molar-refractivity contribution in [1.29, 1.82) is 0 Å². The van der Waals surface area contributed by atoms with Gasteiger partial charge in [0.2, 0.25) is 5.91 Å². The average Bonchev–Trinajstić information content (AvgIpc) is 3.45. The SMILES string of the molecule is CCOC(=O)c1ccc(N2CCN(c3ccc(NC(=O)C4CN(c5ccccn5)N=C4C(F)(F)F)cn3)CC2)cc1. The Morgan fingerprint density at radius 1 is 0.951 bits per heavy atom. The molecule has 0 aliphatic carbocycles. The number of benzene rings is 1. The molecular formula is C28H28F3N7O3. The number of esters is 1. The van der Waals surface area contributed by atoms with Gasteiger partial charge in [0.1, 0.15) is 17.6 Å². The summed E-state index contributed by atoms with van der Waals surface area (Å²) >= 11 is 0.